The Morgan fingerprint density at radius 1 is 1.46 bits per heavy atom. The number of hydrogen-bond donors (Lipinski definition) is 0. The van der Waals surface area contributed by atoms with E-state index in [1.165, 1.54) is 30.8 Å². The van der Waals surface area contributed by atoms with Gasteiger partial charge in [-0.15, -0.1) is 0 Å². The highest BCUT2D eigenvalue weighted by molar-refractivity contribution is 5.22. The fourth-order valence-corrected chi connectivity index (χ4v) is 2.11. The van der Waals surface area contributed by atoms with Gasteiger partial charge in [-0.1, -0.05) is 0 Å². The summed E-state index contributed by atoms with van der Waals surface area (Å²) in [7, 11) is 4.20. The zero-order valence-corrected chi connectivity index (χ0v) is 8.62. The van der Waals surface area contributed by atoms with Crippen LogP contribution in [-0.4, -0.2) is 34.8 Å². The predicted molar refractivity (Wildman–Crippen MR) is 52.8 cm³/mol. The Bertz CT molecular complexity index is 303. The van der Waals surface area contributed by atoms with Gasteiger partial charge in [0.2, 0.25) is 0 Å². The number of likely N-dealkylation sites (N-methyl/N-ethyl adjacent to an activating group) is 1. The molecule has 1 aromatic heterocycles. The molecule has 72 valence electrons. The predicted octanol–water partition coefficient (Wildman–Crippen LogP) is 1.15. The first kappa shape index (κ1) is 8.75. The van der Waals surface area contributed by atoms with Crippen molar-refractivity contribution in [1.82, 2.24) is 14.7 Å². The average Bonchev–Trinajstić information content (AvgIpc) is 2.62. The fourth-order valence-electron chi connectivity index (χ4n) is 2.11. The quantitative estimate of drug-likeness (QED) is 0.645. The van der Waals surface area contributed by atoms with E-state index in [0.717, 1.165) is 0 Å². The Morgan fingerprint density at radius 2 is 2.23 bits per heavy atom. The monoisotopic (exact) mass is 179 g/mol. The van der Waals surface area contributed by atoms with E-state index in [1.807, 2.05) is 17.9 Å². The second-order valence-electron chi connectivity index (χ2n) is 4.06. The van der Waals surface area contributed by atoms with Crippen LogP contribution in [0.5, 0.6) is 0 Å². The van der Waals surface area contributed by atoms with Crippen molar-refractivity contribution in [2.45, 2.75) is 19.3 Å². The summed E-state index contributed by atoms with van der Waals surface area (Å²) < 4.78 is 1.97. The molecule has 0 amide bonds. The summed E-state index contributed by atoms with van der Waals surface area (Å²) in [5.74, 6) is 0.707. The number of hydrogen-bond acceptors (Lipinski definition) is 2. The van der Waals surface area contributed by atoms with Gasteiger partial charge >= 0.3 is 0 Å². The van der Waals surface area contributed by atoms with Crippen LogP contribution in [0.2, 0.25) is 0 Å². The molecule has 1 saturated heterocycles. The van der Waals surface area contributed by atoms with E-state index in [0.29, 0.717) is 5.92 Å². The summed E-state index contributed by atoms with van der Waals surface area (Å²) in [6.45, 7) is 4.56. The highest BCUT2D eigenvalue weighted by Crippen LogP contribution is 2.27. The van der Waals surface area contributed by atoms with Crippen molar-refractivity contribution in [1.29, 1.82) is 0 Å². The van der Waals surface area contributed by atoms with Crippen molar-refractivity contribution in [3.63, 3.8) is 0 Å². The standard InChI is InChI=1S/C10H17N3/c1-8-10(6-11-13(8)3)9-4-5-12(2)7-9/h6,9H,4-5,7H2,1-3H3/t9-/m0/s1. The topological polar surface area (TPSA) is 21.1 Å². The minimum atomic E-state index is 0.707. The molecule has 0 saturated carbocycles. The minimum Gasteiger partial charge on any atom is -0.306 e. The van der Waals surface area contributed by atoms with Crippen LogP contribution in [0.4, 0.5) is 0 Å². The van der Waals surface area contributed by atoms with Gasteiger partial charge in [0.1, 0.15) is 0 Å². The Balaban J connectivity index is 2.21. The summed E-state index contributed by atoms with van der Waals surface area (Å²) >= 11 is 0. The van der Waals surface area contributed by atoms with Crippen molar-refractivity contribution in [2.75, 3.05) is 20.1 Å². The van der Waals surface area contributed by atoms with Crippen LogP contribution in [0.1, 0.15) is 23.6 Å². The SMILES string of the molecule is Cc1c([C@H]2CCN(C)C2)cnn1C. The summed E-state index contributed by atoms with van der Waals surface area (Å²) in [5, 5.41) is 4.28. The summed E-state index contributed by atoms with van der Waals surface area (Å²) in [4.78, 5) is 2.39. The largest absolute Gasteiger partial charge is 0.306 e. The maximum absolute atomic E-state index is 4.28. The lowest BCUT2D eigenvalue weighted by Crippen LogP contribution is -2.13. The van der Waals surface area contributed by atoms with Crippen LogP contribution in [0.3, 0.4) is 0 Å². The molecule has 0 N–H and O–H groups in total. The third-order valence-electron chi connectivity index (χ3n) is 3.10. The van der Waals surface area contributed by atoms with Crippen molar-refractivity contribution in [3.05, 3.63) is 17.5 Å². The first-order valence-electron chi connectivity index (χ1n) is 4.85. The molecule has 3 nitrogen and oxygen atoms in total. The normalized spacial score (nSPS) is 24.1. The Kier molecular flexibility index (Phi) is 2.12. The van der Waals surface area contributed by atoms with Crippen molar-refractivity contribution < 1.29 is 0 Å². The molecule has 1 atom stereocenters. The van der Waals surface area contributed by atoms with E-state index >= 15 is 0 Å². The van der Waals surface area contributed by atoms with Gasteiger partial charge in [-0.05, 0) is 32.5 Å². The second-order valence-corrected chi connectivity index (χ2v) is 4.06. The zero-order valence-electron chi connectivity index (χ0n) is 8.62. The van der Waals surface area contributed by atoms with Gasteiger partial charge in [-0.2, -0.15) is 5.10 Å². The molecule has 0 radical (unpaired) electrons. The molecular weight excluding hydrogens is 162 g/mol. The number of nitrogens with zero attached hydrogens (tertiary/aromatic N) is 3. The lowest BCUT2D eigenvalue weighted by atomic mass is 9.99. The van der Waals surface area contributed by atoms with Gasteiger partial charge < -0.3 is 4.90 Å². The number of aryl methyl sites for hydroxylation is 1. The van der Waals surface area contributed by atoms with Crippen molar-refractivity contribution >= 4 is 0 Å². The zero-order chi connectivity index (χ0) is 9.42. The molecule has 0 aliphatic carbocycles. The third kappa shape index (κ3) is 1.48. The maximum atomic E-state index is 4.28. The second kappa shape index (κ2) is 3.14. The van der Waals surface area contributed by atoms with E-state index < -0.39 is 0 Å². The van der Waals surface area contributed by atoms with Gasteiger partial charge in [0.05, 0.1) is 6.20 Å². The van der Waals surface area contributed by atoms with E-state index in [-0.39, 0.29) is 0 Å². The summed E-state index contributed by atoms with van der Waals surface area (Å²) in [5.41, 5.74) is 2.76. The van der Waals surface area contributed by atoms with E-state index in [4.69, 9.17) is 0 Å². The van der Waals surface area contributed by atoms with Crippen LogP contribution in [0.15, 0.2) is 6.20 Å². The lowest BCUT2D eigenvalue weighted by molar-refractivity contribution is 0.411. The van der Waals surface area contributed by atoms with Crippen molar-refractivity contribution in [3.8, 4) is 0 Å². The summed E-state index contributed by atoms with van der Waals surface area (Å²) in [6.07, 6.45) is 3.31. The highest BCUT2D eigenvalue weighted by atomic mass is 15.3. The first-order chi connectivity index (χ1) is 6.18. The molecule has 3 heteroatoms. The molecule has 1 fully saturated rings. The number of rotatable bonds is 1. The smallest absolute Gasteiger partial charge is 0.0527 e. The van der Waals surface area contributed by atoms with Gasteiger partial charge in [0.15, 0.2) is 0 Å². The lowest BCUT2D eigenvalue weighted by Gasteiger charge is -2.09. The molecular formula is C10H17N3. The van der Waals surface area contributed by atoms with E-state index in [9.17, 15) is 0 Å². The third-order valence-corrected chi connectivity index (χ3v) is 3.10. The molecule has 2 heterocycles. The molecule has 13 heavy (non-hydrogen) atoms. The van der Waals surface area contributed by atoms with E-state index in [1.54, 1.807) is 0 Å². The molecule has 0 bridgehead atoms. The molecule has 0 spiro atoms. The Labute approximate surface area is 79.3 Å². The highest BCUT2D eigenvalue weighted by Gasteiger charge is 2.23. The van der Waals surface area contributed by atoms with Gasteiger partial charge in [-0.25, -0.2) is 0 Å². The minimum absolute atomic E-state index is 0.707. The Hall–Kier alpha value is -0.830. The number of aromatic nitrogens is 2. The fraction of sp³-hybridized carbons (Fsp3) is 0.700. The van der Waals surface area contributed by atoms with Crippen LogP contribution < -0.4 is 0 Å². The molecule has 2 rings (SSSR count). The summed E-state index contributed by atoms with van der Waals surface area (Å²) in [6, 6.07) is 0. The molecule has 1 aliphatic rings. The van der Waals surface area contributed by atoms with Crippen LogP contribution in [0.25, 0.3) is 0 Å². The van der Waals surface area contributed by atoms with Crippen molar-refractivity contribution in [2.24, 2.45) is 7.05 Å². The molecule has 1 aliphatic heterocycles. The number of likely N-dealkylation sites (tertiary alicyclic amines) is 1. The molecule has 0 unspecified atom stereocenters. The van der Waals surface area contributed by atoms with Gasteiger partial charge in [0, 0.05) is 25.2 Å². The molecule has 1 aromatic rings. The van der Waals surface area contributed by atoms with Gasteiger partial charge in [0.25, 0.3) is 0 Å². The van der Waals surface area contributed by atoms with Gasteiger partial charge in [-0.3, -0.25) is 4.68 Å². The Morgan fingerprint density at radius 3 is 2.69 bits per heavy atom. The van der Waals surface area contributed by atoms with Crippen LogP contribution in [0, 0.1) is 6.92 Å². The first-order valence-corrected chi connectivity index (χ1v) is 4.85. The van der Waals surface area contributed by atoms with Crippen LogP contribution >= 0.6 is 0 Å². The average molecular weight is 179 g/mol. The van der Waals surface area contributed by atoms with Crippen LogP contribution in [-0.2, 0) is 7.05 Å². The molecule has 0 aromatic carbocycles. The van der Waals surface area contributed by atoms with E-state index in [2.05, 4.69) is 24.0 Å². The maximum Gasteiger partial charge on any atom is 0.0527 e.